The third-order valence-corrected chi connectivity index (χ3v) is 3.61. The van der Waals surface area contributed by atoms with Crippen LogP contribution in [0.4, 0.5) is 8.78 Å². The minimum absolute atomic E-state index is 0.0844. The van der Waals surface area contributed by atoms with Crippen LogP contribution in [0.3, 0.4) is 0 Å². The van der Waals surface area contributed by atoms with Crippen molar-refractivity contribution in [2.75, 3.05) is 7.11 Å². The predicted molar refractivity (Wildman–Crippen MR) is 75.7 cm³/mol. The summed E-state index contributed by atoms with van der Waals surface area (Å²) in [6, 6.07) is 8.84. The van der Waals surface area contributed by atoms with Crippen LogP contribution in [0.2, 0.25) is 0 Å². The average molecular weight is 343 g/mol. The Morgan fingerprint density at radius 3 is 2.55 bits per heavy atom. The van der Waals surface area contributed by atoms with E-state index >= 15 is 0 Å². The minimum atomic E-state index is -0.987. The van der Waals surface area contributed by atoms with Crippen molar-refractivity contribution in [2.24, 2.45) is 0 Å². The van der Waals surface area contributed by atoms with Gasteiger partial charge in [0.1, 0.15) is 17.4 Å². The van der Waals surface area contributed by atoms with E-state index in [-0.39, 0.29) is 22.5 Å². The van der Waals surface area contributed by atoms with Crippen LogP contribution >= 0.6 is 15.9 Å². The van der Waals surface area contributed by atoms with E-state index in [0.717, 1.165) is 0 Å². The Balaban J connectivity index is 2.32. The summed E-state index contributed by atoms with van der Waals surface area (Å²) in [5.41, 5.74) is 0.798. The van der Waals surface area contributed by atoms with Gasteiger partial charge in [-0.05, 0) is 33.6 Å². The number of aliphatic hydroxyl groups is 1. The highest BCUT2D eigenvalue weighted by Gasteiger charge is 2.18. The Kier molecular flexibility index (Phi) is 4.73. The molecule has 20 heavy (non-hydrogen) atoms. The Bertz CT molecular complexity index is 617. The first-order chi connectivity index (χ1) is 9.52. The third kappa shape index (κ3) is 3.16. The molecule has 0 saturated heterocycles. The van der Waals surface area contributed by atoms with Crippen LogP contribution in [0.15, 0.2) is 40.9 Å². The molecule has 0 saturated carbocycles. The molecule has 0 heterocycles. The molecule has 2 rings (SSSR count). The Morgan fingerprint density at radius 2 is 1.90 bits per heavy atom. The van der Waals surface area contributed by atoms with E-state index in [9.17, 15) is 13.9 Å². The van der Waals surface area contributed by atoms with E-state index in [2.05, 4.69) is 15.9 Å². The number of halogens is 3. The molecule has 0 bridgehead atoms. The van der Waals surface area contributed by atoms with Gasteiger partial charge in [-0.1, -0.05) is 18.2 Å². The maximum Gasteiger partial charge on any atom is 0.141 e. The number of hydrogen-bond acceptors (Lipinski definition) is 2. The molecule has 2 aromatic carbocycles. The molecule has 1 N–H and O–H groups in total. The van der Waals surface area contributed by atoms with E-state index in [0.29, 0.717) is 11.1 Å². The summed E-state index contributed by atoms with van der Waals surface area (Å²) in [4.78, 5) is 0. The van der Waals surface area contributed by atoms with Crippen molar-refractivity contribution in [3.8, 4) is 5.75 Å². The topological polar surface area (TPSA) is 29.5 Å². The van der Waals surface area contributed by atoms with E-state index in [4.69, 9.17) is 4.74 Å². The van der Waals surface area contributed by atoms with E-state index < -0.39 is 11.9 Å². The van der Waals surface area contributed by atoms with Gasteiger partial charge in [0.2, 0.25) is 0 Å². The van der Waals surface area contributed by atoms with Crippen molar-refractivity contribution >= 4 is 15.9 Å². The van der Waals surface area contributed by atoms with Crippen LogP contribution in [0.1, 0.15) is 17.2 Å². The molecule has 5 heteroatoms. The lowest BCUT2D eigenvalue weighted by molar-refractivity contribution is 0.172. The number of ether oxygens (including phenoxy) is 1. The maximum atomic E-state index is 13.6. The fourth-order valence-corrected chi connectivity index (χ4v) is 2.32. The summed E-state index contributed by atoms with van der Waals surface area (Å²) in [5.74, 6) is -0.634. The summed E-state index contributed by atoms with van der Waals surface area (Å²) in [7, 11) is 1.39. The van der Waals surface area contributed by atoms with Crippen molar-refractivity contribution in [1.29, 1.82) is 0 Å². The molecule has 0 aliphatic rings. The van der Waals surface area contributed by atoms with Crippen LogP contribution in [-0.2, 0) is 6.42 Å². The fraction of sp³-hybridized carbons (Fsp3) is 0.200. The van der Waals surface area contributed by atoms with Gasteiger partial charge in [-0.25, -0.2) is 8.78 Å². The smallest absolute Gasteiger partial charge is 0.141 e. The summed E-state index contributed by atoms with van der Waals surface area (Å²) in [6.45, 7) is 0. The summed E-state index contributed by atoms with van der Waals surface area (Å²) >= 11 is 3.06. The Morgan fingerprint density at radius 1 is 1.20 bits per heavy atom. The molecule has 0 radical (unpaired) electrons. The quantitative estimate of drug-likeness (QED) is 0.909. The molecule has 2 nitrogen and oxygen atoms in total. The predicted octanol–water partition coefficient (Wildman–Crippen LogP) is 4.01. The van der Waals surface area contributed by atoms with Gasteiger partial charge < -0.3 is 9.84 Å². The summed E-state index contributed by atoms with van der Waals surface area (Å²) in [6.07, 6.45) is -0.903. The fourth-order valence-electron chi connectivity index (χ4n) is 1.96. The SMILES string of the molecule is COc1cc(F)c(Br)cc1C(O)Cc1ccccc1F. The van der Waals surface area contributed by atoms with Crippen LogP contribution < -0.4 is 4.74 Å². The number of hydrogen-bond donors (Lipinski definition) is 1. The summed E-state index contributed by atoms with van der Waals surface area (Å²) in [5, 5.41) is 10.2. The minimum Gasteiger partial charge on any atom is -0.496 e. The molecule has 106 valence electrons. The highest BCUT2D eigenvalue weighted by molar-refractivity contribution is 9.10. The number of benzene rings is 2. The molecule has 1 atom stereocenters. The summed E-state index contributed by atoms with van der Waals surface area (Å²) < 4.78 is 32.3. The number of aliphatic hydroxyl groups excluding tert-OH is 1. The first-order valence-corrected chi connectivity index (χ1v) is 6.76. The van der Waals surface area contributed by atoms with Gasteiger partial charge in [-0.3, -0.25) is 0 Å². The van der Waals surface area contributed by atoms with E-state index in [1.54, 1.807) is 18.2 Å². The van der Waals surface area contributed by atoms with Crippen LogP contribution in [0, 0.1) is 11.6 Å². The van der Waals surface area contributed by atoms with E-state index in [1.165, 1.54) is 25.3 Å². The second kappa shape index (κ2) is 6.33. The Hall–Kier alpha value is -1.46. The van der Waals surface area contributed by atoms with Crippen LogP contribution in [0.25, 0.3) is 0 Å². The van der Waals surface area contributed by atoms with Gasteiger partial charge in [0, 0.05) is 18.1 Å². The van der Waals surface area contributed by atoms with E-state index in [1.807, 2.05) is 0 Å². The van der Waals surface area contributed by atoms with Gasteiger partial charge in [-0.15, -0.1) is 0 Å². The largest absolute Gasteiger partial charge is 0.496 e. The van der Waals surface area contributed by atoms with Gasteiger partial charge in [-0.2, -0.15) is 0 Å². The molecule has 0 fully saturated rings. The number of methoxy groups -OCH3 is 1. The van der Waals surface area contributed by atoms with Crippen molar-refractivity contribution < 1.29 is 18.6 Å². The Labute approximate surface area is 124 Å². The van der Waals surface area contributed by atoms with Crippen LogP contribution in [-0.4, -0.2) is 12.2 Å². The molecule has 0 amide bonds. The second-order valence-corrected chi connectivity index (χ2v) is 5.17. The van der Waals surface area contributed by atoms with Gasteiger partial charge >= 0.3 is 0 Å². The first kappa shape index (κ1) is 14.9. The highest BCUT2D eigenvalue weighted by Crippen LogP contribution is 2.32. The zero-order chi connectivity index (χ0) is 14.7. The van der Waals surface area contributed by atoms with Crippen molar-refractivity contribution in [1.82, 2.24) is 0 Å². The molecule has 2 aromatic rings. The molecule has 1 unspecified atom stereocenters. The zero-order valence-electron chi connectivity index (χ0n) is 10.7. The molecule has 0 aromatic heterocycles. The highest BCUT2D eigenvalue weighted by atomic mass is 79.9. The molecular formula is C15H13BrF2O2. The van der Waals surface area contributed by atoms with Crippen molar-refractivity contribution in [3.05, 3.63) is 63.6 Å². The lowest BCUT2D eigenvalue weighted by atomic mass is 10.00. The van der Waals surface area contributed by atoms with Crippen molar-refractivity contribution in [3.63, 3.8) is 0 Å². The molecule has 0 spiro atoms. The monoisotopic (exact) mass is 342 g/mol. The standard InChI is InChI=1S/C15H13BrF2O2/c1-20-15-8-13(18)11(16)7-10(15)14(19)6-9-4-2-3-5-12(9)17/h2-5,7-8,14,19H,6H2,1H3. The lowest BCUT2D eigenvalue weighted by Gasteiger charge is -2.16. The molecule has 0 aliphatic heterocycles. The normalized spacial score (nSPS) is 12.2. The zero-order valence-corrected chi connectivity index (χ0v) is 12.3. The third-order valence-electron chi connectivity index (χ3n) is 3.00. The van der Waals surface area contributed by atoms with Crippen LogP contribution in [0.5, 0.6) is 5.75 Å². The van der Waals surface area contributed by atoms with Gasteiger partial charge in [0.15, 0.2) is 0 Å². The number of rotatable bonds is 4. The molecular weight excluding hydrogens is 330 g/mol. The second-order valence-electron chi connectivity index (χ2n) is 4.32. The van der Waals surface area contributed by atoms with Gasteiger partial charge in [0.05, 0.1) is 17.7 Å². The van der Waals surface area contributed by atoms with Crippen molar-refractivity contribution in [2.45, 2.75) is 12.5 Å². The first-order valence-electron chi connectivity index (χ1n) is 5.97. The maximum absolute atomic E-state index is 13.6. The van der Waals surface area contributed by atoms with Gasteiger partial charge in [0.25, 0.3) is 0 Å². The average Bonchev–Trinajstić information content (AvgIpc) is 2.43. The lowest BCUT2D eigenvalue weighted by Crippen LogP contribution is -2.06. The molecule has 0 aliphatic carbocycles.